The van der Waals surface area contributed by atoms with E-state index in [0.29, 0.717) is 0 Å². The summed E-state index contributed by atoms with van der Waals surface area (Å²) in [5, 5.41) is 0. The monoisotopic (exact) mass is 288 g/mol. The van der Waals surface area contributed by atoms with Gasteiger partial charge in [-0.3, -0.25) is 4.90 Å². The molecule has 1 fully saturated rings. The van der Waals surface area contributed by atoms with Crippen LogP contribution in [0.15, 0.2) is 52.2 Å². The fraction of sp³-hybridized carbons (Fsp3) is 0.375. The minimum Gasteiger partial charge on any atom is -0.472 e. The second-order valence-electron chi connectivity index (χ2n) is 5.07. The van der Waals surface area contributed by atoms with Crippen LogP contribution in [0.4, 0.5) is 5.69 Å². The van der Waals surface area contributed by atoms with Crippen molar-refractivity contribution in [2.75, 3.05) is 37.3 Å². The Balaban J connectivity index is 1.60. The number of piperazine rings is 1. The van der Waals surface area contributed by atoms with Crippen LogP contribution in [0, 0.1) is 0 Å². The molecule has 0 amide bonds. The lowest BCUT2D eigenvalue weighted by Crippen LogP contribution is -2.46. The Morgan fingerprint density at radius 2 is 1.90 bits per heavy atom. The van der Waals surface area contributed by atoms with Crippen LogP contribution in [-0.4, -0.2) is 37.3 Å². The molecule has 0 unspecified atom stereocenters. The van der Waals surface area contributed by atoms with Crippen molar-refractivity contribution >= 4 is 17.4 Å². The van der Waals surface area contributed by atoms with Crippen LogP contribution in [0.1, 0.15) is 5.56 Å². The van der Waals surface area contributed by atoms with E-state index < -0.39 is 0 Å². The number of thioether (sulfide) groups is 1. The highest BCUT2D eigenvalue weighted by atomic mass is 32.2. The molecule has 0 N–H and O–H groups in total. The van der Waals surface area contributed by atoms with Gasteiger partial charge in [-0.15, -0.1) is 11.8 Å². The van der Waals surface area contributed by atoms with Crippen molar-refractivity contribution in [3.8, 4) is 0 Å². The minimum absolute atomic E-state index is 0.995. The lowest BCUT2D eigenvalue weighted by Gasteiger charge is -2.36. The lowest BCUT2D eigenvalue weighted by molar-refractivity contribution is 0.249. The highest BCUT2D eigenvalue weighted by Gasteiger charge is 2.19. The molecule has 1 aromatic heterocycles. The van der Waals surface area contributed by atoms with E-state index in [9.17, 15) is 0 Å². The van der Waals surface area contributed by atoms with Crippen LogP contribution in [0.5, 0.6) is 0 Å². The smallest absolute Gasteiger partial charge is 0.0947 e. The number of para-hydroxylation sites is 1. The minimum atomic E-state index is 0.995. The van der Waals surface area contributed by atoms with Gasteiger partial charge in [-0.05, 0) is 24.5 Å². The van der Waals surface area contributed by atoms with E-state index in [1.165, 1.54) is 16.1 Å². The van der Waals surface area contributed by atoms with Crippen molar-refractivity contribution < 1.29 is 4.42 Å². The number of benzene rings is 1. The summed E-state index contributed by atoms with van der Waals surface area (Å²) in [4.78, 5) is 6.36. The molecule has 20 heavy (non-hydrogen) atoms. The molecule has 3 rings (SSSR count). The maximum atomic E-state index is 5.14. The van der Waals surface area contributed by atoms with Crippen molar-refractivity contribution in [2.24, 2.45) is 0 Å². The predicted molar refractivity (Wildman–Crippen MR) is 84.4 cm³/mol. The SMILES string of the molecule is CSc1ccccc1N1CCN(Cc2ccoc2)CC1. The Hall–Kier alpha value is -1.39. The van der Waals surface area contributed by atoms with Gasteiger partial charge in [0.2, 0.25) is 0 Å². The lowest BCUT2D eigenvalue weighted by atomic mass is 10.2. The molecule has 106 valence electrons. The van der Waals surface area contributed by atoms with E-state index in [2.05, 4.69) is 46.4 Å². The molecule has 0 saturated carbocycles. The zero-order chi connectivity index (χ0) is 13.8. The van der Waals surface area contributed by atoms with E-state index in [1.54, 1.807) is 6.26 Å². The third kappa shape index (κ3) is 3.02. The molecule has 2 aromatic rings. The molecular formula is C16H20N2OS. The highest BCUT2D eigenvalue weighted by molar-refractivity contribution is 7.98. The van der Waals surface area contributed by atoms with Crippen LogP contribution in [-0.2, 0) is 6.54 Å². The maximum Gasteiger partial charge on any atom is 0.0947 e. The van der Waals surface area contributed by atoms with E-state index in [-0.39, 0.29) is 0 Å². The molecule has 1 aliphatic rings. The van der Waals surface area contributed by atoms with E-state index >= 15 is 0 Å². The zero-order valence-electron chi connectivity index (χ0n) is 11.8. The van der Waals surface area contributed by atoms with Gasteiger partial charge in [-0.25, -0.2) is 0 Å². The Labute approximate surface area is 124 Å². The number of furan rings is 1. The van der Waals surface area contributed by atoms with Gasteiger partial charge < -0.3 is 9.32 Å². The first-order valence-electron chi connectivity index (χ1n) is 6.98. The Bertz CT molecular complexity index is 533. The van der Waals surface area contributed by atoms with Gasteiger partial charge >= 0.3 is 0 Å². The summed E-state index contributed by atoms with van der Waals surface area (Å²) in [5.41, 5.74) is 2.64. The van der Waals surface area contributed by atoms with Crippen LogP contribution < -0.4 is 4.90 Å². The van der Waals surface area contributed by atoms with Crippen LogP contribution in [0.25, 0.3) is 0 Å². The molecule has 0 bridgehead atoms. The number of rotatable bonds is 4. The first-order chi connectivity index (χ1) is 9.86. The summed E-state index contributed by atoms with van der Waals surface area (Å²) in [5.74, 6) is 0. The first kappa shape index (κ1) is 13.6. The topological polar surface area (TPSA) is 19.6 Å². The summed E-state index contributed by atoms with van der Waals surface area (Å²) >= 11 is 1.83. The molecule has 3 nitrogen and oxygen atoms in total. The van der Waals surface area contributed by atoms with Crippen LogP contribution in [0.2, 0.25) is 0 Å². The second-order valence-corrected chi connectivity index (χ2v) is 5.91. The van der Waals surface area contributed by atoms with Gasteiger partial charge in [0.25, 0.3) is 0 Å². The first-order valence-corrected chi connectivity index (χ1v) is 8.20. The van der Waals surface area contributed by atoms with Gasteiger partial charge in [0, 0.05) is 43.2 Å². The molecule has 2 heterocycles. The Morgan fingerprint density at radius 3 is 2.60 bits per heavy atom. The standard InChI is InChI=1S/C16H20N2OS/c1-20-16-5-3-2-4-15(16)18-9-7-17(8-10-18)12-14-6-11-19-13-14/h2-6,11,13H,7-10,12H2,1H3. The molecule has 0 spiro atoms. The average molecular weight is 288 g/mol. The largest absolute Gasteiger partial charge is 0.472 e. The summed E-state index contributed by atoms with van der Waals surface area (Å²) in [6.45, 7) is 5.39. The fourth-order valence-corrected chi connectivity index (χ4v) is 3.30. The third-order valence-electron chi connectivity index (χ3n) is 3.78. The highest BCUT2D eigenvalue weighted by Crippen LogP contribution is 2.29. The van der Waals surface area contributed by atoms with Crippen LogP contribution >= 0.6 is 11.8 Å². The van der Waals surface area contributed by atoms with Gasteiger partial charge in [0.05, 0.1) is 18.2 Å². The van der Waals surface area contributed by atoms with Gasteiger partial charge in [-0.2, -0.15) is 0 Å². The van der Waals surface area contributed by atoms with Crippen molar-refractivity contribution in [1.29, 1.82) is 0 Å². The van der Waals surface area contributed by atoms with Gasteiger partial charge in [0.1, 0.15) is 0 Å². The second kappa shape index (κ2) is 6.37. The normalized spacial score (nSPS) is 16.6. The fourth-order valence-electron chi connectivity index (χ4n) is 2.68. The van der Waals surface area contributed by atoms with Crippen molar-refractivity contribution in [2.45, 2.75) is 11.4 Å². The van der Waals surface area contributed by atoms with Crippen molar-refractivity contribution in [3.05, 3.63) is 48.4 Å². The molecule has 1 saturated heterocycles. The Morgan fingerprint density at radius 1 is 1.10 bits per heavy atom. The van der Waals surface area contributed by atoms with Crippen molar-refractivity contribution in [3.63, 3.8) is 0 Å². The molecule has 1 aromatic carbocycles. The molecule has 0 aliphatic carbocycles. The Kier molecular flexibility index (Phi) is 4.33. The molecular weight excluding hydrogens is 268 g/mol. The van der Waals surface area contributed by atoms with E-state index in [0.717, 1.165) is 32.7 Å². The van der Waals surface area contributed by atoms with Crippen molar-refractivity contribution in [1.82, 2.24) is 4.90 Å². The maximum absolute atomic E-state index is 5.14. The average Bonchev–Trinajstić information content (AvgIpc) is 3.01. The predicted octanol–water partition coefficient (Wildman–Crippen LogP) is 3.32. The summed E-state index contributed by atoms with van der Waals surface area (Å²) < 4.78 is 5.14. The summed E-state index contributed by atoms with van der Waals surface area (Å²) in [6.07, 6.45) is 5.74. The molecule has 1 aliphatic heterocycles. The quantitative estimate of drug-likeness (QED) is 0.804. The number of hydrogen-bond donors (Lipinski definition) is 0. The number of nitrogens with zero attached hydrogens (tertiary/aromatic N) is 2. The molecule has 0 atom stereocenters. The molecule has 4 heteroatoms. The van der Waals surface area contributed by atoms with E-state index in [1.807, 2.05) is 18.0 Å². The van der Waals surface area contributed by atoms with E-state index in [4.69, 9.17) is 4.42 Å². The van der Waals surface area contributed by atoms with Gasteiger partial charge in [0.15, 0.2) is 0 Å². The zero-order valence-corrected chi connectivity index (χ0v) is 12.6. The summed E-state index contributed by atoms with van der Waals surface area (Å²) in [6, 6.07) is 10.7. The van der Waals surface area contributed by atoms with Gasteiger partial charge in [-0.1, -0.05) is 12.1 Å². The number of anilines is 1. The third-order valence-corrected chi connectivity index (χ3v) is 4.57. The summed E-state index contributed by atoms with van der Waals surface area (Å²) in [7, 11) is 0. The molecule has 0 radical (unpaired) electrons. The number of hydrogen-bond acceptors (Lipinski definition) is 4. The van der Waals surface area contributed by atoms with Crippen LogP contribution in [0.3, 0.4) is 0 Å².